The van der Waals surface area contributed by atoms with Crippen LogP contribution < -0.4 is 0 Å². The third-order valence-electron chi connectivity index (χ3n) is 3.04. The third-order valence-corrected chi connectivity index (χ3v) is 3.04. The highest BCUT2D eigenvalue weighted by Gasteiger charge is 2.25. The van der Waals surface area contributed by atoms with Crippen molar-refractivity contribution in [1.82, 2.24) is 14.7 Å². The maximum Gasteiger partial charge on any atom is 0.209 e. The number of hydrogen-bond donors (Lipinski definition) is 0. The van der Waals surface area contributed by atoms with Gasteiger partial charge in [-0.25, -0.2) is 9.98 Å². The van der Waals surface area contributed by atoms with E-state index in [1.807, 2.05) is 44.9 Å². The van der Waals surface area contributed by atoms with Crippen molar-refractivity contribution in [2.24, 2.45) is 9.98 Å². The summed E-state index contributed by atoms with van der Waals surface area (Å²) in [6, 6.07) is 0. The number of allylic oxidation sites excluding steroid dienone is 3. The van der Waals surface area contributed by atoms with Crippen molar-refractivity contribution in [3.8, 4) is 0 Å². The second-order valence-corrected chi connectivity index (χ2v) is 4.77. The van der Waals surface area contributed by atoms with E-state index < -0.39 is 0 Å². The number of hydrogen-bond acceptors (Lipinski definition) is 5. The summed E-state index contributed by atoms with van der Waals surface area (Å²) in [5.41, 5.74) is 1.19. The Morgan fingerprint density at radius 2 is 1.89 bits per heavy atom. The van der Waals surface area contributed by atoms with Gasteiger partial charge in [0.1, 0.15) is 6.17 Å². The molecule has 0 radical (unpaired) electrons. The van der Waals surface area contributed by atoms with Gasteiger partial charge in [-0.15, -0.1) is 0 Å². The topological polar surface area (TPSA) is 34.4 Å². The lowest BCUT2D eigenvalue weighted by Gasteiger charge is -2.35. The van der Waals surface area contributed by atoms with Crippen LogP contribution in [-0.2, 0) is 0 Å². The van der Waals surface area contributed by atoms with E-state index in [9.17, 15) is 0 Å². The van der Waals surface area contributed by atoms with E-state index in [1.165, 1.54) is 5.70 Å². The van der Waals surface area contributed by atoms with Gasteiger partial charge in [0.2, 0.25) is 11.9 Å². The number of nitrogens with zero attached hydrogens (tertiary/aromatic N) is 5. The molecular weight excluding hydrogens is 226 g/mol. The van der Waals surface area contributed by atoms with Gasteiger partial charge in [-0.2, -0.15) is 0 Å². The fraction of sp³-hybridized carbons (Fsp3) is 0.538. The van der Waals surface area contributed by atoms with Crippen molar-refractivity contribution in [3.05, 3.63) is 23.9 Å². The molecule has 0 bridgehead atoms. The first kappa shape index (κ1) is 12.7. The van der Waals surface area contributed by atoms with E-state index in [4.69, 9.17) is 0 Å². The summed E-state index contributed by atoms with van der Waals surface area (Å²) >= 11 is 0. The van der Waals surface area contributed by atoms with Gasteiger partial charge in [-0.1, -0.05) is 12.2 Å². The first-order chi connectivity index (χ1) is 8.50. The second kappa shape index (κ2) is 4.84. The van der Waals surface area contributed by atoms with Crippen LogP contribution in [0.2, 0.25) is 0 Å². The zero-order valence-electron chi connectivity index (χ0n) is 11.8. The number of aliphatic imine (C=N–C) groups is 2. The molecule has 2 rings (SSSR count). The number of rotatable bonds is 1. The minimum Gasteiger partial charge on any atom is -0.349 e. The van der Waals surface area contributed by atoms with E-state index in [0.29, 0.717) is 0 Å². The predicted octanol–water partition coefficient (Wildman–Crippen LogP) is 1.33. The van der Waals surface area contributed by atoms with Gasteiger partial charge in [0.25, 0.3) is 0 Å². The monoisotopic (exact) mass is 247 g/mol. The average molecular weight is 247 g/mol. The SMILES string of the molecule is CC1N=C(N(C)C)N(C)C(N(C)C2=CCC=C2)=N1. The molecular formula is C13H21N5. The maximum atomic E-state index is 4.62. The summed E-state index contributed by atoms with van der Waals surface area (Å²) in [6.07, 6.45) is 7.44. The molecule has 0 aromatic rings. The number of likely N-dealkylation sites (N-methyl/N-ethyl adjacent to an activating group) is 1. The first-order valence-corrected chi connectivity index (χ1v) is 6.18. The summed E-state index contributed by atoms with van der Waals surface area (Å²) in [5, 5.41) is 0. The van der Waals surface area contributed by atoms with Crippen molar-refractivity contribution in [2.75, 3.05) is 28.2 Å². The molecule has 0 aromatic heterocycles. The van der Waals surface area contributed by atoms with Gasteiger partial charge < -0.3 is 9.80 Å². The van der Waals surface area contributed by atoms with Crippen LogP contribution in [0.1, 0.15) is 13.3 Å². The molecule has 1 unspecified atom stereocenters. The quantitative estimate of drug-likeness (QED) is 0.701. The maximum absolute atomic E-state index is 4.62. The van der Waals surface area contributed by atoms with Gasteiger partial charge in [0.15, 0.2) is 0 Å². The van der Waals surface area contributed by atoms with Crippen molar-refractivity contribution in [2.45, 2.75) is 19.5 Å². The molecule has 18 heavy (non-hydrogen) atoms. The van der Waals surface area contributed by atoms with E-state index in [0.717, 1.165) is 18.3 Å². The Labute approximate surface area is 109 Å². The zero-order chi connectivity index (χ0) is 13.3. The standard InChI is InChI=1S/C13H21N5/c1-10-14-12(16(2)3)18(5)13(15-10)17(4)11-8-6-7-9-11/h6,8-10H,7H2,1-5H3. The van der Waals surface area contributed by atoms with Crippen LogP contribution in [-0.4, -0.2) is 61.0 Å². The average Bonchev–Trinajstić information content (AvgIpc) is 2.84. The zero-order valence-corrected chi connectivity index (χ0v) is 11.8. The summed E-state index contributed by atoms with van der Waals surface area (Å²) in [4.78, 5) is 15.3. The molecule has 0 aromatic carbocycles. The van der Waals surface area contributed by atoms with E-state index >= 15 is 0 Å². The molecule has 0 spiro atoms. The summed E-state index contributed by atoms with van der Waals surface area (Å²) in [6.45, 7) is 2.00. The molecule has 1 aliphatic carbocycles. The largest absolute Gasteiger partial charge is 0.349 e. The summed E-state index contributed by atoms with van der Waals surface area (Å²) in [7, 11) is 8.04. The Bertz CT molecular complexity index is 444. The van der Waals surface area contributed by atoms with Crippen molar-refractivity contribution >= 4 is 11.9 Å². The molecule has 0 amide bonds. The minimum atomic E-state index is -0.0398. The van der Waals surface area contributed by atoms with Crippen LogP contribution in [0.4, 0.5) is 0 Å². The molecule has 0 saturated heterocycles. The van der Waals surface area contributed by atoms with Gasteiger partial charge in [-0.3, -0.25) is 4.90 Å². The fourth-order valence-corrected chi connectivity index (χ4v) is 2.16. The Kier molecular flexibility index (Phi) is 3.41. The smallest absolute Gasteiger partial charge is 0.209 e. The molecule has 0 N–H and O–H groups in total. The molecule has 0 saturated carbocycles. The molecule has 2 aliphatic rings. The van der Waals surface area contributed by atoms with Crippen LogP contribution in [0.25, 0.3) is 0 Å². The van der Waals surface area contributed by atoms with Crippen LogP contribution >= 0.6 is 0 Å². The molecule has 0 fully saturated rings. The van der Waals surface area contributed by atoms with Crippen LogP contribution in [0, 0.1) is 0 Å². The lowest BCUT2D eigenvalue weighted by atomic mass is 10.4. The van der Waals surface area contributed by atoms with E-state index in [-0.39, 0.29) is 6.17 Å². The summed E-state index contributed by atoms with van der Waals surface area (Å²) < 4.78 is 0. The van der Waals surface area contributed by atoms with Crippen LogP contribution in [0.3, 0.4) is 0 Å². The minimum absolute atomic E-state index is 0.0398. The highest BCUT2D eigenvalue weighted by atomic mass is 15.5. The Balaban J connectivity index is 2.25. The lowest BCUT2D eigenvalue weighted by Crippen LogP contribution is -2.50. The van der Waals surface area contributed by atoms with Gasteiger partial charge in [0, 0.05) is 33.9 Å². The van der Waals surface area contributed by atoms with Crippen molar-refractivity contribution < 1.29 is 0 Å². The molecule has 5 heteroatoms. The molecule has 1 atom stereocenters. The number of guanidine groups is 2. The third kappa shape index (κ3) is 2.25. The van der Waals surface area contributed by atoms with Gasteiger partial charge >= 0.3 is 0 Å². The van der Waals surface area contributed by atoms with Gasteiger partial charge in [-0.05, 0) is 19.4 Å². The molecule has 1 heterocycles. The van der Waals surface area contributed by atoms with E-state index in [2.05, 4.69) is 33.1 Å². The highest BCUT2D eigenvalue weighted by Crippen LogP contribution is 2.17. The fourth-order valence-electron chi connectivity index (χ4n) is 2.16. The second-order valence-electron chi connectivity index (χ2n) is 4.77. The van der Waals surface area contributed by atoms with Crippen molar-refractivity contribution in [3.63, 3.8) is 0 Å². The van der Waals surface area contributed by atoms with Crippen LogP contribution in [0.15, 0.2) is 33.9 Å². The van der Waals surface area contributed by atoms with Crippen molar-refractivity contribution in [1.29, 1.82) is 0 Å². The van der Waals surface area contributed by atoms with E-state index in [1.54, 1.807) is 0 Å². The van der Waals surface area contributed by atoms with Crippen LogP contribution in [0.5, 0.6) is 0 Å². The highest BCUT2D eigenvalue weighted by molar-refractivity contribution is 6.00. The molecule has 98 valence electrons. The Morgan fingerprint density at radius 3 is 2.44 bits per heavy atom. The van der Waals surface area contributed by atoms with Gasteiger partial charge in [0.05, 0.1) is 0 Å². The lowest BCUT2D eigenvalue weighted by molar-refractivity contribution is 0.454. The summed E-state index contributed by atoms with van der Waals surface area (Å²) in [5.74, 6) is 1.86. The first-order valence-electron chi connectivity index (χ1n) is 6.18. The Hall–Kier alpha value is -1.78. The predicted molar refractivity (Wildman–Crippen MR) is 75.4 cm³/mol. The molecule has 5 nitrogen and oxygen atoms in total. The Morgan fingerprint density at radius 1 is 1.22 bits per heavy atom. The normalized spacial score (nSPS) is 22.6. The molecule has 1 aliphatic heterocycles.